The molecule has 3 aromatic carbocycles. The molecule has 19 nitrogen and oxygen atoms in total. The number of carbonyl (C=O) groups excluding carboxylic acids is 3. The molecule has 11 fully saturated rings. The first-order chi connectivity index (χ1) is 42.9. The normalized spacial score (nSPS) is 47.9. The standard InChI is InChI=1S/C37H44O10.C34H38O9/c1-6-7-8-9-10-11-15-18-34-45-30-26-29-33(20-38,44-29)32(41)35(42)25(19-22(4)27(35)39)37(26,47-34)23(5)28(36(30,46-34)21(2)3)43-31(40)24-16-13-12-14-17-24;1-18(2)30-16-20(4)33-23-15-19(3)25(39-28(36)21-11-7-5-8-12-21)32(23,38)29(37)31(17-35)27(40-31)24(33)26(30)41-34(42-30,43-33)22-13-9-6-10-14-22/h10-19,23,25-26,28-30,32,38,41-42H,2,6-9,20H2,1,3-5H3;5-14,19-20,23-27,29,35,37-38H,1,15-17H2,2-4H3/b11-10+,18-15+;/t23-,25-,26+,28-,29+,30-,32-,33+,34?,35-,36+,37+;19-,20+,23+,24+,25-,26+,27-,29+,30+,31-,32+,33-,34?/m10/s1. The quantitative estimate of drug-likeness (QED) is 0.0301. The maximum atomic E-state index is 13.8. The van der Waals surface area contributed by atoms with Crippen molar-refractivity contribution >= 4 is 17.7 Å². The largest absolute Gasteiger partial charge is 0.455 e. The second-order valence-electron chi connectivity index (χ2n) is 27.8. The van der Waals surface area contributed by atoms with E-state index in [4.69, 9.17) is 47.4 Å². The second kappa shape index (κ2) is 21.0. The van der Waals surface area contributed by atoms with Crippen molar-refractivity contribution in [3.8, 4) is 0 Å². The van der Waals surface area contributed by atoms with Gasteiger partial charge in [0.2, 0.25) is 0 Å². The summed E-state index contributed by atoms with van der Waals surface area (Å²) in [5.41, 5.74) is -9.79. The van der Waals surface area contributed by atoms with Crippen LogP contribution in [0.4, 0.5) is 0 Å². The predicted molar refractivity (Wildman–Crippen MR) is 320 cm³/mol. The Morgan fingerprint density at radius 1 is 0.689 bits per heavy atom. The van der Waals surface area contributed by atoms with Gasteiger partial charge in [-0.15, -0.1) is 0 Å². The number of aliphatic hydroxyl groups is 6. The number of hydrogen-bond acceptors (Lipinski definition) is 19. The van der Waals surface area contributed by atoms with Crippen molar-refractivity contribution in [3.63, 3.8) is 0 Å². The first-order valence-electron chi connectivity index (χ1n) is 31.9. The number of allylic oxidation sites excluding steroid dienone is 3. The number of carbonyl (C=O) groups is 3. The first-order valence-corrected chi connectivity index (χ1v) is 31.9. The molecule has 2 unspecified atom stereocenters. The third-order valence-corrected chi connectivity index (χ3v) is 23.2. The number of benzene rings is 3. The average molecular weight is 1240 g/mol. The van der Waals surface area contributed by atoms with E-state index < -0.39 is 166 Å². The second-order valence-corrected chi connectivity index (χ2v) is 27.8. The number of unbranched alkanes of at least 4 members (excludes halogenated alkanes) is 3. The molecule has 90 heavy (non-hydrogen) atoms. The molecule has 5 saturated carbocycles. The molecule has 0 aromatic heterocycles. The van der Waals surface area contributed by atoms with E-state index in [1.54, 1.807) is 92.7 Å². The molecule has 6 aliphatic carbocycles. The van der Waals surface area contributed by atoms with Crippen LogP contribution in [0.3, 0.4) is 0 Å². The molecular weight excluding hydrogens is 1160 g/mol. The van der Waals surface area contributed by atoms with Crippen LogP contribution >= 0.6 is 0 Å². The number of aliphatic hydroxyl groups excluding tert-OH is 4. The van der Waals surface area contributed by atoms with Gasteiger partial charge in [0, 0.05) is 41.2 Å². The smallest absolute Gasteiger partial charge is 0.338 e. The van der Waals surface area contributed by atoms with Crippen molar-refractivity contribution in [1.29, 1.82) is 0 Å². The number of ether oxygens (including phenoxy) is 10. The number of Topliss-reactive ketones (excluding diaryl/α,β-unsaturated/α-hetero) is 1. The summed E-state index contributed by atoms with van der Waals surface area (Å²) in [6.45, 7) is 20.7. The van der Waals surface area contributed by atoms with E-state index in [-0.39, 0.29) is 17.4 Å². The Labute approximate surface area is 523 Å². The molecule has 6 bridgehead atoms. The van der Waals surface area contributed by atoms with Crippen LogP contribution in [-0.2, 0) is 58.1 Å². The molecule has 0 spiro atoms. The van der Waals surface area contributed by atoms with Gasteiger partial charge in [-0.25, -0.2) is 9.59 Å². The van der Waals surface area contributed by atoms with E-state index in [0.29, 0.717) is 35.1 Å². The van der Waals surface area contributed by atoms with Crippen molar-refractivity contribution in [2.45, 2.75) is 193 Å². The Kier molecular flexibility index (Phi) is 14.4. The van der Waals surface area contributed by atoms with E-state index in [2.05, 4.69) is 27.0 Å². The molecule has 12 aliphatic rings. The fourth-order valence-electron chi connectivity index (χ4n) is 19.0. The van der Waals surface area contributed by atoms with Gasteiger partial charge in [0.05, 0.1) is 35.5 Å². The fourth-order valence-corrected chi connectivity index (χ4v) is 19.0. The van der Waals surface area contributed by atoms with Crippen molar-refractivity contribution in [2.75, 3.05) is 13.2 Å². The molecule has 3 aromatic rings. The van der Waals surface area contributed by atoms with Gasteiger partial charge in [0.25, 0.3) is 0 Å². The van der Waals surface area contributed by atoms with E-state index in [0.717, 1.165) is 31.3 Å². The molecule has 15 rings (SSSR count). The van der Waals surface area contributed by atoms with Gasteiger partial charge in [0.1, 0.15) is 71.2 Å². The van der Waals surface area contributed by atoms with Gasteiger partial charge in [-0.1, -0.05) is 145 Å². The van der Waals surface area contributed by atoms with Crippen LogP contribution < -0.4 is 0 Å². The molecule has 6 saturated heterocycles. The first kappa shape index (κ1) is 61.9. The summed E-state index contributed by atoms with van der Waals surface area (Å²) in [7, 11) is 0. The molecule has 0 amide bonds. The summed E-state index contributed by atoms with van der Waals surface area (Å²) in [4.78, 5) is 41.0. The van der Waals surface area contributed by atoms with Crippen LogP contribution in [0.2, 0.25) is 0 Å². The van der Waals surface area contributed by atoms with Crippen molar-refractivity contribution in [3.05, 3.63) is 168 Å². The lowest BCUT2D eigenvalue weighted by molar-refractivity contribution is -0.443. The van der Waals surface area contributed by atoms with Crippen molar-refractivity contribution in [2.24, 2.45) is 41.4 Å². The van der Waals surface area contributed by atoms with Crippen LogP contribution in [0.25, 0.3) is 0 Å². The molecule has 25 atom stereocenters. The molecule has 19 heteroatoms. The Bertz CT molecular complexity index is 3500. The number of rotatable bonds is 15. The van der Waals surface area contributed by atoms with E-state index >= 15 is 0 Å². The average Bonchev–Trinajstić information content (AvgIpc) is 1.46. The summed E-state index contributed by atoms with van der Waals surface area (Å²) < 4.78 is 66.6. The summed E-state index contributed by atoms with van der Waals surface area (Å²) >= 11 is 0. The maximum Gasteiger partial charge on any atom is 0.338 e. The zero-order chi connectivity index (χ0) is 63.7. The van der Waals surface area contributed by atoms with Gasteiger partial charge in [-0.3, -0.25) is 4.79 Å². The number of hydrogen-bond donors (Lipinski definition) is 6. The SMILES string of the molecule is C=C(C)[C@@]12OC3(/C=C/C=C/CCCCC)O[C@@H]1[C@@H]1[C@@H]4O[C@]4(CO)[C@@H](O)[C@]4(O)C(=O)C(C)=C[C@H]4[C@@]1(O3)[C@H](C)[C@H]2OC(=O)c1ccccc1.C=C(C)[C@]12C[C@@H](C)[C@@]34OC(c5ccccc5)(O[C@@H]1[C@@H]3[C@@H]1O[C@]1(CO)[C@@H](O)[C@@]1(O)[C@H]4C[C@H](C)[C@@H]1OC(=O)c1ccccc1)O2. The van der Waals surface area contributed by atoms with Crippen LogP contribution in [0.5, 0.6) is 0 Å². The topological polar surface area (TPSA) is 271 Å². The monoisotopic (exact) mass is 1240 g/mol. The molecule has 0 radical (unpaired) electrons. The maximum absolute atomic E-state index is 13.8. The minimum atomic E-state index is -2.41. The Balaban J connectivity index is 0.000000158. The van der Waals surface area contributed by atoms with Crippen LogP contribution in [0.15, 0.2) is 151 Å². The zero-order valence-corrected chi connectivity index (χ0v) is 51.8. The minimum absolute atomic E-state index is 0.224. The highest BCUT2D eigenvalue weighted by atomic mass is 16.9. The highest BCUT2D eigenvalue weighted by Gasteiger charge is 2.92. The lowest BCUT2D eigenvalue weighted by atomic mass is 9.53. The fraction of sp³-hybridized carbons (Fsp3) is 0.563. The Morgan fingerprint density at radius 2 is 1.28 bits per heavy atom. The Morgan fingerprint density at radius 3 is 1.87 bits per heavy atom. The molecule has 480 valence electrons. The van der Waals surface area contributed by atoms with Crippen LogP contribution in [0, 0.1) is 41.4 Å². The number of esters is 2. The number of epoxide rings is 2. The molecular formula is C71H82O19. The van der Waals surface area contributed by atoms with Crippen LogP contribution in [0.1, 0.15) is 113 Å². The summed E-state index contributed by atoms with van der Waals surface area (Å²) in [6.07, 6.45) is 5.44. The summed E-state index contributed by atoms with van der Waals surface area (Å²) in [6, 6.07) is 26.6. The summed E-state index contributed by atoms with van der Waals surface area (Å²) in [5, 5.41) is 70.8. The van der Waals surface area contributed by atoms with Gasteiger partial charge in [-0.05, 0) is 99.3 Å². The zero-order valence-electron chi connectivity index (χ0n) is 51.8. The van der Waals surface area contributed by atoms with Gasteiger partial charge < -0.3 is 78.0 Å². The Hall–Kier alpha value is -5.59. The van der Waals surface area contributed by atoms with Gasteiger partial charge >= 0.3 is 23.9 Å². The third-order valence-electron chi connectivity index (χ3n) is 23.2. The van der Waals surface area contributed by atoms with Crippen molar-refractivity contribution < 1.29 is 92.4 Å². The highest BCUT2D eigenvalue weighted by Crippen LogP contribution is 2.76. The van der Waals surface area contributed by atoms with Gasteiger partial charge in [0.15, 0.2) is 17.0 Å². The lowest BCUT2D eigenvalue weighted by Crippen LogP contribution is -2.76. The van der Waals surface area contributed by atoms with Crippen LogP contribution in [-0.4, -0.2) is 161 Å². The van der Waals surface area contributed by atoms with Crippen molar-refractivity contribution in [1.82, 2.24) is 0 Å². The molecule has 6 aliphatic heterocycles. The van der Waals surface area contributed by atoms with Gasteiger partial charge in [-0.2, -0.15) is 0 Å². The minimum Gasteiger partial charge on any atom is -0.455 e. The molecule has 6 N–H and O–H groups in total. The highest BCUT2D eigenvalue weighted by molar-refractivity contribution is 6.05. The predicted octanol–water partition coefficient (Wildman–Crippen LogP) is 6.77. The lowest BCUT2D eigenvalue weighted by Gasteiger charge is -2.61. The number of ketones is 1. The number of fused-ring (bicyclic) bond motifs is 6. The van der Waals surface area contributed by atoms with E-state index in [1.165, 1.54) is 0 Å². The third kappa shape index (κ3) is 7.87. The molecule has 6 heterocycles. The van der Waals surface area contributed by atoms with E-state index in [9.17, 15) is 45.0 Å². The van der Waals surface area contributed by atoms with E-state index in [1.807, 2.05) is 63.3 Å². The summed E-state index contributed by atoms with van der Waals surface area (Å²) in [5.74, 6) is -9.82.